The van der Waals surface area contributed by atoms with E-state index in [4.69, 9.17) is 0 Å². The Kier molecular flexibility index (Phi) is 3.35. The fourth-order valence-electron chi connectivity index (χ4n) is 5.98. The second-order valence-corrected chi connectivity index (χ2v) is 7.49. The summed E-state index contributed by atoms with van der Waals surface area (Å²) < 4.78 is 0. The number of nitrogens with zero attached hydrogens (tertiary/aromatic N) is 2. The van der Waals surface area contributed by atoms with Gasteiger partial charge in [0.25, 0.3) is 0 Å². The van der Waals surface area contributed by atoms with Crippen molar-refractivity contribution in [3.63, 3.8) is 0 Å². The molecule has 0 amide bonds. The number of hydrogen-bond acceptors (Lipinski definition) is 2. The summed E-state index contributed by atoms with van der Waals surface area (Å²) in [5.74, 6) is 2.00. The van der Waals surface area contributed by atoms with Crippen LogP contribution in [0.25, 0.3) is 0 Å². The molecular formula is C17H30N2. The quantitative estimate of drug-likeness (QED) is 0.716. The van der Waals surface area contributed by atoms with E-state index in [1.807, 2.05) is 0 Å². The molecule has 4 saturated heterocycles. The molecule has 4 rings (SSSR count). The molecule has 0 unspecified atom stereocenters. The number of hydrogen-bond donors (Lipinski definition) is 0. The van der Waals surface area contributed by atoms with Gasteiger partial charge in [0.15, 0.2) is 0 Å². The van der Waals surface area contributed by atoms with Crippen molar-refractivity contribution in [1.82, 2.24) is 9.80 Å². The second kappa shape index (κ2) is 5.04. The molecule has 108 valence electrons. The lowest BCUT2D eigenvalue weighted by molar-refractivity contribution is -0.107. The van der Waals surface area contributed by atoms with Gasteiger partial charge in [-0.05, 0) is 63.5 Å². The Labute approximate surface area is 118 Å². The van der Waals surface area contributed by atoms with Crippen LogP contribution in [-0.4, -0.2) is 47.6 Å². The van der Waals surface area contributed by atoms with Crippen LogP contribution in [0.2, 0.25) is 0 Å². The van der Waals surface area contributed by atoms with E-state index in [2.05, 4.69) is 16.7 Å². The molecule has 4 heterocycles. The topological polar surface area (TPSA) is 6.48 Å². The maximum Gasteiger partial charge on any atom is 0.0139 e. The SMILES string of the molecule is CC[C@@H]1[C@@H]2C[C@@H](CN3CCCC[C@H]23)[C@@H]2CCCCN12. The molecule has 0 radical (unpaired) electrons. The minimum absolute atomic E-state index is 0.910. The van der Waals surface area contributed by atoms with Crippen LogP contribution in [0.4, 0.5) is 0 Å². The predicted octanol–water partition coefficient (Wildman–Crippen LogP) is 3.12. The van der Waals surface area contributed by atoms with Crippen LogP contribution in [0, 0.1) is 11.8 Å². The maximum atomic E-state index is 2.97. The molecule has 0 aromatic rings. The lowest BCUT2D eigenvalue weighted by Crippen LogP contribution is -2.67. The standard InChI is InChI=1S/C17H30N2/c1-2-15-14-11-13(16-7-4-6-10-19(15)16)12-18-9-5-3-8-17(14)18/h13-17H,2-12H2,1H3/t13-,14-,15+,16-,17+/m0/s1. The Balaban J connectivity index is 1.63. The number of piperidine rings is 4. The summed E-state index contributed by atoms with van der Waals surface area (Å²) in [5.41, 5.74) is 0. The third-order valence-corrected chi connectivity index (χ3v) is 6.68. The monoisotopic (exact) mass is 262 g/mol. The van der Waals surface area contributed by atoms with Crippen molar-refractivity contribution < 1.29 is 0 Å². The molecule has 0 saturated carbocycles. The Hall–Kier alpha value is -0.0800. The zero-order valence-electron chi connectivity index (χ0n) is 12.6. The maximum absolute atomic E-state index is 2.97. The molecule has 0 spiro atoms. The minimum atomic E-state index is 0.910. The van der Waals surface area contributed by atoms with E-state index in [9.17, 15) is 0 Å². The van der Waals surface area contributed by atoms with Gasteiger partial charge in [0.1, 0.15) is 0 Å². The molecule has 2 bridgehead atoms. The zero-order valence-corrected chi connectivity index (χ0v) is 12.6. The fraction of sp³-hybridized carbons (Fsp3) is 1.00. The average molecular weight is 262 g/mol. The summed E-state index contributed by atoms with van der Waals surface area (Å²) >= 11 is 0. The summed E-state index contributed by atoms with van der Waals surface area (Å²) in [7, 11) is 0. The largest absolute Gasteiger partial charge is 0.300 e. The van der Waals surface area contributed by atoms with Crippen LogP contribution in [0.1, 0.15) is 58.3 Å². The normalized spacial score (nSPS) is 47.5. The molecule has 0 N–H and O–H groups in total. The van der Waals surface area contributed by atoms with E-state index in [0.717, 1.165) is 30.0 Å². The highest BCUT2D eigenvalue weighted by molar-refractivity contribution is 5.04. The van der Waals surface area contributed by atoms with E-state index in [1.165, 1.54) is 64.6 Å². The van der Waals surface area contributed by atoms with Gasteiger partial charge in [-0.25, -0.2) is 0 Å². The highest BCUT2D eigenvalue weighted by Crippen LogP contribution is 2.46. The van der Waals surface area contributed by atoms with Crippen molar-refractivity contribution in [3.05, 3.63) is 0 Å². The van der Waals surface area contributed by atoms with Crippen LogP contribution in [0.5, 0.6) is 0 Å². The lowest BCUT2D eigenvalue weighted by Gasteiger charge is -2.60. The third kappa shape index (κ3) is 1.98. The first-order chi connectivity index (χ1) is 9.38. The lowest BCUT2D eigenvalue weighted by atomic mass is 9.67. The van der Waals surface area contributed by atoms with Crippen molar-refractivity contribution in [2.75, 3.05) is 19.6 Å². The van der Waals surface area contributed by atoms with Gasteiger partial charge in [0.05, 0.1) is 0 Å². The molecule has 0 aliphatic carbocycles. The molecule has 4 fully saturated rings. The molecule has 2 nitrogen and oxygen atoms in total. The summed E-state index contributed by atoms with van der Waals surface area (Å²) in [5, 5.41) is 0. The van der Waals surface area contributed by atoms with E-state index in [-0.39, 0.29) is 0 Å². The van der Waals surface area contributed by atoms with E-state index < -0.39 is 0 Å². The van der Waals surface area contributed by atoms with Crippen LogP contribution in [-0.2, 0) is 0 Å². The highest BCUT2D eigenvalue weighted by atomic mass is 15.3. The summed E-state index contributed by atoms with van der Waals surface area (Å²) in [6.07, 6.45) is 11.8. The van der Waals surface area contributed by atoms with Gasteiger partial charge < -0.3 is 0 Å². The molecule has 0 aromatic heterocycles. The van der Waals surface area contributed by atoms with Crippen LogP contribution < -0.4 is 0 Å². The zero-order chi connectivity index (χ0) is 12.8. The van der Waals surface area contributed by atoms with Gasteiger partial charge in [-0.2, -0.15) is 0 Å². The Bertz CT molecular complexity index is 327. The fourth-order valence-corrected chi connectivity index (χ4v) is 5.98. The van der Waals surface area contributed by atoms with Gasteiger partial charge in [-0.1, -0.05) is 19.8 Å². The molecule has 5 atom stereocenters. The Morgan fingerprint density at radius 1 is 0.947 bits per heavy atom. The second-order valence-electron chi connectivity index (χ2n) is 7.49. The van der Waals surface area contributed by atoms with Crippen molar-refractivity contribution in [2.45, 2.75) is 76.4 Å². The minimum Gasteiger partial charge on any atom is -0.300 e. The first kappa shape index (κ1) is 12.6. The van der Waals surface area contributed by atoms with Crippen LogP contribution in [0.3, 0.4) is 0 Å². The molecule has 4 aliphatic rings. The van der Waals surface area contributed by atoms with Gasteiger partial charge in [0.2, 0.25) is 0 Å². The molecule has 0 aromatic carbocycles. The highest BCUT2D eigenvalue weighted by Gasteiger charge is 2.50. The number of rotatable bonds is 1. The number of fused-ring (bicyclic) bond motifs is 6. The van der Waals surface area contributed by atoms with Crippen molar-refractivity contribution in [2.24, 2.45) is 11.8 Å². The molecule has 2 heteroatoms. The van der Waals surface area contributed by atoms with Gasteiger partial charge in [-0.15, -0.1) is 0 Å². The average Bonchev–Trinajstić information content (AvgIpc) is 2.48. The molecule has 19 heavy (non-hydrogen) atoms. The van der Waals surface area contributed by atoms with Crippen molar-refractivity contribution >= 4 is 0 Å². The summed E-state index contributed by atoms with van der Waals surface area (Å²) in [6, 6.07) is 2.79. The van der Waals surface area contributed by atoms with Gasteiger partial charge in [0, 0.05) is 24.7 Å². The van der Waals surface area contributed by atoms with Gasteiger partial charge >= 0.3 is 0 Å². The first-order valence-corrected chi connectivity index (χ1v) is 8.88. The smallest absolute Gasteiger partial charge is 0.0139 e. The van der Waals surface area contributed by atoms with Crippen LogP contribution in [0.15, 0.2) is 0 Å². The third-order valence-electron chi connectivity index (χ3n) is 6.68. The summed E-state index contributed by atoms with van der Waals surface area (Å²) in [6.45, 7) is 6.68. The van der Waals surface area contributed by atoms with Gasteiger partial charge in [-0.3, -0.25) is 9.80 Å². The van der Waals surface area contributed by atoms with E-state index in [1.54, 1.807) is 6.42 Å². The first-order valence-electron chi connectivity index (χ1n) is 8.88. The van der Waals surface area contributed by atoms with E-state index in [0.29, 0.717) is 0 Å². The molecular weight excluding hydrogens is 232 g/mol. The van der Waals surface area contributed by atoms with Crippen molar-refractivity contribution in [1.29, 1.82) is 0 Å². The summed E-state index contributed by atoms with van der Waals surface area (Å²) in [4.78, 5) is 5.87. The van der Waals surface area contributed by atoms with Crippen molar-refractivity contribution in [3.8, 4) is 0 Å². The molecule has 4 aliphatic heterocycles. The van der Waals surface area contributed by atoms with Crippen LogP contribution >= 0.6 is 0 Å². The van der Waals surface area contributed by atoms with E-state index >= 15 is 0 Å². The predicted molar refractivity (Wildman–Crippen MR) is 79.2 cm³/mol. The Morgan fingerprint density at radius 3 is 2.58 bits per heavy atom. The Morgan fingerprint density at radius 2 is 1.74 bits per heavy atom.